The molecule has 27 heavy (non-hydrogen) atoms. The fraction of sp³-hybridized carbons (Fsp3) is 0.381. The van der Waals surface area contributed by atoms with Crippen molar-refractivity contribution in [3.63, 3.8) is 0 Å². The molecule has 6 nitrogen and oxygen atoms in total. The molecule has 0 bridgehead atoms. The molecular formula is C21H24N4O2. The molecule has 0 aromatic heterocycles. The van der Waals surface area contributed by atoms with Crippen LogP contribution in [0.1, 0.15) is 19.4 Å². The van der Waals surface area contributed by atoms with Crippen LogP contribution in [0, 0.1) is 0 Å². The molecule has 4 aliphatic rings. The van der Waals surface area contributed by atoms with Crippen LogP contribution < -0.4 is 14.8 Å². The Labute approximate surface area is 159 Å². The second-order valence-electron chi connectivity index (χ2n) is 7.54. The van der Waals surface area contributed by atoms with Crippen LogP contribution >= 0.6 is 0 Å². The van der Waals surface area contributed by atoms with Gasteiger partial charge >= 0.3 is 0 Å². The summed E-state index contributed by atoms with van der Waals surface area (Å²) < 4.78 is 10.9. The first-order valence-electron chi connectivity index (χ1n) is 9.52. The van der Waals surface area contributed by atoms with Gasteiger partial charge in [0.05, 0.1) is 11.4 Å². The van der Waals surface area contributed by atoms with Gasteiger partial charge in [-0.05, 0) is 50.3 Å². The lowest BCUT2D eigenvalue weighted by molar-refractivity contribution is 0.174. The summed E-state index contributed by atoms with van der Waals surface area (Å²) in [6.07, 6.45) is 8.68. The Bertz CT molecular complexity index is 876. The van der Waals surface area contributed by atoms with E-state index >= 15 is 0 Å². The number of hydrogen-bond donors (Lipinski definition) is 1. The zero-order valence-corrected chi connectivity index (χ0v) is 15.7. The van der Waals surface area contributed by atoms with Crippen molar-refractivity contribution < 1.29 is 9.47 Å². The van der Waals surface area contributed by atoms with Crippen molar-refractivity contribution >= 4 is 11.5 Å². The standard InChI is InChI=1S/C21H24N4O2/c1-14-10-25(11-15(2)22-14)17-4-6-21-23-18(7-8-24(21)12-17)16-3-5-19-20(9-16)27-13-26-19/h3-7,9,12,14-15,22H,8,10-11,13H2,1-2H3/t14-,15+. The third-order valence-electron chi connectivity index (χ3n) is 5.29. The molecule has 1 fully saturated rings. The molecule has 4 aliphatic heterocycles. The fourth-order valence-electron chi connectivity index (χ4n) is 4.09. The average molecular weight is 364 g/mol. The Kier molecular flexibility index (Phi) is 3.93. The maximum absolute atomic E-state index is 5.49. The van der Waals surface area contributed by atoms with Gasteiger partial charge in [0.1, 0.15) is 5.84 Å². The number of rotatable bonds is 2. The largest absolute Gasteiger partial charge is 0.454 e. The molecule has 5 rings (SSSR count). The molecule has 1 aromatic carbocycles. The molecule has 1 N–H and O–H groups in total. The van der Waals surface area contributed by atoms with E-state index in [1.807, 2.05) is 18.2 Å². The first-order valence-corrected chi connectivity index (χ1v) is 9.52. The van der Waals surface area contributed by atoms with Crippen molar-refractivity contribution in [2.75, 3.05) is 26.4 Å². The first kappa shape index (κ1) is 16.4. The molecule has 0 spiro atoms. The summed E-state index contributed by atoms with van der Waals surface area (Å²) >= 11 is 0. The van der Waals surface area contributed by atoms with Gasteiger partial charge in [-0.2, -0.15) is 0 Å². The lowest BCUT2D eigenvalue weighted by Crippen LogP contribution is -2.53. The third-order valence-corrected chi connectivity index (χ3v) is 5.29. The minimum Gasteiger partial charge on any atom is -0.454 e. The SMILES string of the molecule is C[C@@H]1CN(C2=CN3CC=C(c4ccc5c(c4)OCO5)N=C3C=C2)C[C@H](C)N1. The number of amidine groups is 1. The Morgan fingerprint density at radius 1 is 1.07 bits per heavy atom. The smallest absolute Gasteiger partial charge is 0.231 e. The third kappa shape index (κ3) is 3.10. The van der Waals surface area contributed by atoms with Crippen LogP contribution in [-0.4, -0.2) is 54.1 Å². The summed E-state index contributed by atoms with van der Waals surface area (Å²) in [5.41, 5.74) is 3.29. The van der Waals surface area contributed by atoms with Crippen molar-refractivity contribution in [1.29, 1.82) is 0 Å². The molecule has 2 atom stereocenters. The minimum atomic E-state index is 0.291. The summed E-state index contributed by atoms with van der Waals surface area (Å²) in [5, 5.41) is 3.59. The van der Waals surface area contributed by atoms with Gasteiger partial charge in [-0.1, -0.05) is 0 Å². The normalized spacial score (nSPS) is 26.4. The van der Waals surface area contributed by atoms with Crippen LogP contribution in [0.4, 0.5) is 0 Å². The lowest BCUT2D eigenvalue weighted by atomic mass is 10.1. The van der Waals surface area contributed by atoms with E-state index in [-0.39, 0.29) is 0 Å². The molecule has 0 saturated carbocycles. The van der Waals surface area contributed by atoms with E-state index < -0.39 is 0 Å². The molecule has 1 saturated heterocycles. The van der Waals surface area contributed by atoms with Crippen molar-refractivity contribution in [3.05, 3.63) is 53.9 Å². The maximum Gasteiger partial charge on any atom is 0.231 e. The highest BCUT2D eigenvalue weighted by molar-refractivity contribution is 6.00. The van der Waals surface area contributed by atoms with E-state index in [0.717, 1.165) is 48.2 Å². The minimum absolute atomic E-state index is 0.291. The van der Waals surface area contributed by atoms with Crippen molar-refractivity contribution in [1.82, 2.24) is 15.1 Å². The van der Waals surface area contributed by atoms with Crippen LogP contribution in [-0.2, 0) is 0 Å². The summed E-state index contributed by atoms with van der Waals surface area (Å²) in [7, 11) is 0. The number of aliphatic imine (C=N–C) groups is 1. The highest BCUT2D eigenvalue weighted by Crippen LogP contribution is 2.35. The Hall–Kier alpha value is -2.73. The van der Waals surface area contributed by atoms with E-state index in [2.05, 4.69) is 53.4 Å². The van der Waals surface area contributed by atoms with Gasteiger partial charge in [-0.15, -0.1) is 0 Å². The first-order chi connectivity index (χ1) is 13.2. The molecule has 0 amide bonds. The highest BCUT2D eigenvalue weighted by Gasteiger charge is 2.25. The molecule has 0 aliphatic carbocycles. The van der Waals surface area contributed by atoms with E-state index in [0.29, 0.717) is 18.9 Å². The molecule has 140 valence electrons. The monoisotopic (exact) mass is 364 g/mol. The quantitative estimate of drug-likeness (QED) is 0.874. The van der Waals surface area contributed by atoms with Gasteiger partial charge in [0, 0.05) is 43.5 Å². The molecule has 1 aromatic rings. The van der Waals surface area contributed by atoms with Gasteiger partial charge in [-0.3, -0.25) is 0 Å². The van der Waals surface area contributed by atoms with Gasteiger partial charge in [-0.25, -0.2) is 4.99 Å². The predicted octanol–water partition coefficient (Wildman–Crippen LogP) is 2.56. The van der Waals surface area contributed by atoms with Gasteiger partial charge in [0.15, 0.2) is 11.5 Å². The number of benzene rings is 1. The second kappa shape index (κ2) is 6.46. The summed E-state index contributed by atoms with van der Waals surface area (Å²) in [6.45, 7) is 7.64. The lowest BCUT2D eigenvalue weighted by Gasteiger charge is -2.40. The van der Waals surface area contributed by atoms with Gasteiger partial charge in [0.2, 0.25) is 6.79 Å². The fourth-order valence-corrected chi connectivity index (χ4v) is 4.09. The molecule has 4 heterocycles. The zero-order valence-electron chi connectivity index (χ0n) is 15.7. The number of hydrogen-bond acceptors (Lipinski definition) is 6. The van der Waals surface area contributed by atoms with Crippen LogP contribution in [0.2, 0.25) is 0 Å². The summed E-state index contributed by atoms with van der Waals surface area (Å²) in [6, 6.07) is 6.99. The van der Waals surface area contributed by atoms with E-state index in [4.69, 9.17) is 14.5 Å². The number of piperazine rings is 1. The number of nitrogens with zero attached hydrogens (tertiary/aromatic N) is 3. The topological polar surface area (TPSA) is 49.3 Å². The summed E-state index contributed by atoms with van der Waals surface area (Å²) in [4.78, 5) is 9.52. The Balaban J connectivity index is 1.35. The van der Waals surface area contributed by atoms with E-state index in [9.17, 15) is 0 Å². The van der Waals surface area contributed by atoms with Crippen molar-refractivity contribution in [3.8, 4) is 11.5 Å². The van der Waals surface area contributed by atoms with E-state index in [1.54, 1.807) is 0 Å². The number of nitrogens with one attached hydrogen (secondary N) is 1. The number of allylic oxidation sites excluding steroid dienone is 1. The highest BCUT2D eigenvalue weighted by atomic mass is 16.7. The Morgan fingerprint density at radius 2 is 1.89 bits per heavy atom. The van der Waals surface area contributed by atoms with E-state index in [1.165, 1.54) is 5.70 Å². The number of ether oxygens (including phenoxy) is 2. The van der Waals surface area contributed by atoms with Crippen molar-refractivity contribution in [2.24, 2.45) is 4.99 Å². The molecule has 0 radical (unpaired) electrons. The maximum atomic E-state index is 5.49. The molecular weight excluding hydrogens is 340 g/mol. The van der Waals surface area contributed by atoms with Crippen LogP contribution in [0.5, 0.6) is 11.5 Å². The van der Waals surface area contributed by atoms with Gasteiger partial charge < -0.3 is 24.6 Å². The second-order valence-corrected chi connectivity index (χ2v) is 7.54. The van der Waals surface area contributed by atoms with Gasteiger partial charge in [0.25, 0.3) is 0 Å². The Morgan fingerprint density at radius 3 is 2.74 bits per heavy atom. The van der Waals surface area contributed by atoms with Crippen LogP contribution in [0.25, 0.3) is 5.70 Å². The van der Waals surface area contributed by atoms with Crippen molar-refractivity contribution in [2.45, 2.75) is 25.9 Å². The summed E-state index contributed by atoms with van der Waals surface area (Å²) in [5.74, 6) is 2.57. The average Bonchev–Trinajstić information content (AvgIpc) is 3.14. The predicted molar refractivity (Wildman–Crippen MR) is 106 cm³/mol. The van der Waals surface area contributed by atoms with Crippen LogP contribution in [0.15, 0.2) is 53.3 Å². The zero-order chi connectivity index (χ0) is 18.4. The number of fused-ring (bicyclic) bond motifs is 2. The van der Waals surface area contributed by atoms with Crippen LogP contribution in [0.3, 0.4) is 0 Å². The molecule has 0 unspecified atom stereocenters. The molecule has 6 heteroatoms.